The second-order valence-electron chi connectivity index (χ2n) is 4.39. The fourth-order valence-electron chi connectivity index (χ4n) is 1.75. The van der Waals surface area contributed by atoms with Crippen molar-refractivity contribution in [3.8, 4) is 0 Å². The smallest absolute Gasteiger partial charge is 0.328 e. The van der Waals surface area contributed by atoms with E-state index in [-0.39, 0.29) is 0 Å². The molecule has 20 heavy (non-hydrogen) atoms. The van der Waals surface area contributed by atoms with E-state index in [1.807, 2.05) is 54.6 Å². The lowest BCUT2D eigenvalue weighted by molar-refractivity contribution is -0.131. The Morgan fingerprint density at radius 1 is 0.950 bits per heavy atom. The molecule has 0 aromatic heterocycles. The van der Waals surface area contributed by atoms with Crippen molar-refractivity contribution >= 4 is 12.0 Å². The molecule has 2 rings (SSSR count). The molecule has 2 aromatic carbocycles. The SMILES string of the molecule is O=C(O)/C=C/c1ccc(COCc2ccccc2)cc1. The summed E-state index contributed by atoms with van der Waals surface area (Å²) in [5, 5.41) is 8.55. The van der Waals surface area contributed by atoms with Crippen LogP contribution in [0.2, 0.25) is 0 Å². The molecule has 102 valence electrons. The molecular weight excluding hydrogens is 252 g/mol. The summed E-state index contributed by atoms with van der Waals surface area (Å²) in [5.41, 5.74) is 3.07. The lowest BCUT2D eigenvalue weighted by atomic mass is 10.1. The van der Waals surface area contributed by atoms with Crippen molar-refractivity contribution in [1.82, 2.24) is 0 Å². The maximum Gasteiger partial charge on any atom is 0.328 e. The molecule has 3 heteroatoms. The van der Waals surface area contributed by atoms with Gasteiger partial charge in [0, 0.05) is 6.08 Å². The van der Waals surface area contributed by atoms with Crippen LogP contribution in [0.25, 0.3) is 6.08 Å². The van der Waals surface area contributed by atoms with Gasteiger partial charge in [0.2, 0.25) is 0 Å². The van der Waals surface area contributed by atoms with E-state index in [9.17, 15) is 4.79 Å². The molecule has 3 nitrogen and oxygen atoms in total. The first-order chi connectivity index (χ1) is 9.74. The van der Waals surface area contributed by atoms with Crippen molar-refractivity contribution in [1.29, 1.82) is 0 Å². The van der Waals surface area contributed by atoms with Gasteiger partial charge in [-0.1, -0.05) is 54.6 Å². The van der Waals surface area contributed by atoms with Gasteiger partial charge >= 0.3 is 5.97 Å². The largest absolute Gasteiger partial charge is 0.478 e. The molecule has 0 bridgehead atoms. The Morgan fingerprint density at radius 3 is 2.15 bits per heavy atom. The van der Waals surface area contributed by atoms with Crippen molar-refractivity contribution in [2.45, 2.75) is 13.2 Å². The first-order valence-electron chi connectivity index (χ1n) is 6.35. The summed E-state index contributed by atoms with van der Waals surface area (Å²) in [6.07, 6.45) is 2.69. The van der Waals surface area contributed by atoms with Gasteiger partial charge in [0.15, 0.2) is 0 Å². The maximum atomic E-state index is 10.4. The highest BCUT2D eigenvalue weighted by Crippen LogP contribution is 2.09. The molecule has 0 aliphatic heterocycles. The van der Waals surface area contributed by atoms with E-state index in [0.717, 1.165) is 22.8 Å². The summed E-state index contributed by atoms with van der Waals surface area (Å²) >= 11 is 0. The van der Waals surface area contributed by atoms with E-state index in [0.29, 0.717) is 13.2 Å². The number of aliphatic carboxylic acids is 1. The molecule has 0 saturated carbocycles. The Hall–Kier alpha value is -2.39. The number of carbonyl (C=O) groups is 1. The van der Waals surface area contributed by atoms with Gasteiger partial charge in [-0.2, -0.15) is 0 Å². The van der Waals surface area contributed by atoms with Crippen LogP contribution in [0.5, 0.6) is 0 Å². The number of ether oxygens (including phenoxy) is 1. The van der Waals surface area contributed by atoms with Crippen LogP contribution in [-0.2, 0) is 22.7 Å². The molecule has 0 atom stereocenters. The molecule has 0 spiro atoms. The van der Waals surface area contributed by atoms with Crippen LogP contribution < -0.4 is 0 Å². The highest BCUT2D eigenvalue weighted by molar-refractivity contribution is 5.85. The Morgan fingerprint density at radius 2 is 1.55 bits per heavy atom. The van der Waals surface area contributed by atoms with Gasteiger partial charge in [-0.15, -0.1) is 0 Å². The molecule has 0 heterocycles. The topological polar surface area (TPSA) is 46.5 Å². The fraction of sp³-hybridized carbons (Fsp3) is 0.118. The van der Waals surface area contributed by atoms with E-state index in [1.165, 1.54) is 0 Å². The minimum atomic E-state index is -0.944. The molecule has 0 aliphatic carbocycles. The van der Waals surface area contributed by atoms with Crippen molar-refractivity contribution in [3.05, 3.63) is 77.4 Å². The zero-order valence-corrected chi connectivity index (χ0v) is 11.0. The molecule has 0 radical (unpaired) electrons. The van der Waals surface area contributed by atoms with Crippen molar-refractivity contribution < 1.29 is 14.6 Å². The van der Waals surface area contributed by atoms with Crippen LogP contribution in [0.3, 0.4) is 0 Å². The third-order valence-electron chi connectivity index (χ3n) is 2.78. The Balaban J connectivity index is 1.83. The average molecular weight is 268 g/mol. The lowest BCUT2D eigenvalue weighted by Gasteiger charge is -2.05. The predicted molar refractivity (Wildman–Crippen MR) is 78.0 cm³/mol. The third-order valence-corrected chi connectivity index (χ3v) is 2.78. The number of carboxylic acid groups (broad SMARTS) is 1. The van der Waals surface area contributed by atoms with Crippen LogP contribution in [0, 0.1) is 0 Å². The standard InChI is InChI=1S/C17H16O3/c18-17(19)11-10-14-6-8-16(9-7-14)13-20-12-15-4-2-1-3-5-15/h1-11H,12-13H2,(H,18,19)/b11-10+. The fourth-order valence-corrected chi connectivity index (χ4v) is 1.75. The van der Waals surface area contributed by atoms with Crippen molar-refractivity contribution in [2.24, 2.45) is 0 Å². The van der Waals surface area contributed by atoms with Crippen LogP contribution >= 0.6 is 0 Å². The first-order valence-corrected chi connectivity index (χ1v) is 6.35. The second-order valence-corrected chi connectivity index (χ2v) is 4.39. The van der Waals surface area contributed by atoms with Gasteiger partial charge in [0.25, 0.3) is 0 Å². The second kappa shape index (κ2) is 7.26. The number of rotatable bonds is 6. The lowest BCUT2D eigenvalue weighted by Crippen LogP contribution is -1.94. The zero-order chi connectivity index (χ0) is 14.2. The van der Waals surface area contributed by atoms with Gasteiger partial charge in [0.1, 0.15) is 0 Å². The minimum absolute atomic E-state index is 0.540. The molecule has 1 N–H and O–H groups in total. The Kier molecular flexibility index (Phi) is 5.09. The number of carboxylic acids is 1. The van der Waals surface area contributed by atoms with E-state index in [1.54, 1.807) is 6.08 Å². The summed E-state index contributed by atoms with van der Waals surface area (Å²) in [6.45, 7) is 1.12. The summed E-state index contributed by atoms with van der Waals surface area (Å²) < 4.78 is 5.63. The van der Waals surface area contributed by atoms with E-state index in [2.05, 4.69) is 0 Å². The van der Waals surface area contributed by atoms with E-state index < -0.39 is 5.97 Å². The Bertz CT molecular complexity index is 571. The molecule has 0 unspecified atom stereocenters. The molecule has 0 saturated heterocycles. The van der Waals surface area contributed by atoms with Crippen molar-refractivity contribution in [3.63, 3.8) is 0 Å². The van der Waals surface area contributed by atoms with E-state index in [4.69, 9.17) is 9.84 Å². The van der Waals surface area contributed by atoms with Gasteiger partial charge in [-0.3, -0.25) is 0 Å². The van der Waals surface area contributed by atoms with Crippen LogP contribution in [0.15, 0.2) is 60.7 Å². The molecule has 0 fully saturated rings. The van der Waals surface area contributed by atoms with Gasteiger partial charge in [-0.05, 0) is 22.8 Å². The predicted octanol–water partition coefficient (Wildman–Crippen LogP) is 3.50. The quantitative estimate of drug-likeness (QED) is 0.816. The average Bonchev–Trinajstić information content (AvgIpc) is 2.47. The summed E-state index contributed by atoms with van der Waals surface area (Å²) in [6, 6.07) is 17.6. The molecule has 2 aromatic rings. The normalized spacial score (nSPS) is 10.8. The highest BCUT2D eigenvalue weighted by atomic mass is 16.5. The summed E-state index contributed by atoms with van der Waals surface area (Å²) in [7, 11) is 0. The summed E-state index contributed by atoms with van der Waals surface area (Å²) in [4.78, 5) is 10.4. The Labute approximate surface area is 118 Å². The molecule has 0 amide bonds. The van der Waals surface area contributed by atoms with Crippen molar-refractivity contribution in [2.75, 3.05) is 0 Å². The minimum Gasteiger partial charge on any atom is -0.478 e. The van der Waals surface area contributed by atoms with E-state index >= 15 is 0 Å². The number of benzene rings is 2. The van der Waals surface area contributed by atoms with Crippen LogP contribution in [0.4, 0.5) is 0 Å². The molecule has 0 aliphatic rings. The maximum absolute atomic E-state index is 10.4. The zero-order valence-electron chi connectivity index (χ0n) is 11.0. The first kappa shape index (κ1) is 14.0. The third kappa shape index (κ3) is 4.71. The highest BCUT2D eigenvalue weighted by Gasteiger charge is 1.96. The number of hydrogen-bond acceptors (Lipinski definition) is 2. The van der Waals surface area contributed by atoms with Crippen LogP contribution in [-0.4, -0.2) is 11.1 Å². The van der Waals surface area contributed by atoms with Gasteiger partial charge in [-0.25, -0.2) is 4.79 Å². The number of hydrogen-bond donors (Lipinski definition) is 1. The van der Waals surface area contributed by atoms with Crippen LogP contribution in [0.1, 0.15) is 16.7 Å². The molecular formula is C17H16O3. The van der Waals surface area contributed by atoms with Gasteiger partial charge in [0.05, 0.1) is 13.2 Å². The monoisotopic (exact) mass is 268 g/mol. The summed E-state index contributed by atoms with van der Waals surface area (Å²) in [5.74, 6) is -0.944. The van der Waals surface area contributed by atoms with Gasteiger partial charge < -0.3 is 9.84 Å².